The van der Waals surface area contributed by atoms with E-state index < -0.39 is 0 Å². The van der Waals surface area contributed by atoms with Gasteiger partial charge in [0.1, 0.15) is 0 Å². The highest BCUT2D eigenvalue weighted by atomic mass is 32.1. The third kappa shape index (κ3) is 4.30. The van der Waals surface area contributed by atoms with Gasteiger partial charge in [-0.2, -0.15) is 0 Å². The van der Waals surface area contributed by atoms with E-state index in [1.54, 1.807) is 11.3 Å². The van der Waals surface area contributed by atoms with Crippen LogP contribution in [0.25, 0.3) is 0 Å². The van der Waals surface area contributed by atoms with E-state index >= 15 is 0 Å². The number of hydrogen-bond donors (Lipinski definition) is 1. The van der Waals surface area contributed by atoms with Gasteiger partial charge in [-0.25, -0.2) is 4.98 Å². The molecule has 106 valence electrons. The molecule has 0 atom stereocenters. The zero-order valence-corrected chi connectivity index (χ0v) is 12.8. The van der Waals surface area contributed by atoms with Gasteiger partial charge < -0.3 is 5.32 Å². The summed E-state index contributed by atoms with van der Waals surface area (Å²) in [5.41, 5.74) is 1.17. The summed E-state index contributed by atoms with van der Waals surface area (Å²) in [5.74, 6) is 0.999. The zero-order valence-electron chi connectivity index (χ0n) is 11.9. The van der Waals surface area contributed by atoms with Crippen LogP contribution in [0.4, 0.5) is 0 Å². The molecule has 1 heterocycles. The van der Waals surface area contributed by atoms with Crippen molar-refractivity contribution in [3.8, 4) is 0 Å². The van der Waals surface area contributed by atoms with Gasteiger partial charge in [0.25, 0.3) is 0 Å². The Morgan fingerprint density at radius 2 is 2.16 bits per heavy atom. The van der Waals surface area contributed by atoms with Crippen LogP contribution < -0.4 is 5.32 Å². The van der Waals surface area contributed by atoms with Crippen LogP contribution in [0, 0.1) is 5.92 Å². The Balaban J connectivity index is 1.71. The number of amides is 1. The number of aromatic nitrogens is 1. The van der Waals surface area contributed by atoms with Crippen molar-refractivity contribution in [1.29, 1.82) is 0 Å². The summed E-state index contributed by atoms with van der Waals surface area (Å²) in [5, 5.41) is 6.33. The SMILES string of the molecule is CC(C)c1csc(CCNC(=O)C2CCCCC2)n1. The monoisotopic (exact) mass is 280 g/mol. The quantitative estimate of drug-likeness (QED) is 0.897. The predicted molar refractivity (Wildman–Crippen MR) is 79.5 cm³/mol. The summed E-state index contributed by atoms with van der Waals surface area (Å²) in [6.45, 7) is 5.04. The van der Waals surface area contributed by atoms with Crippen LogP contribution in [0.15, 0.2) is 5.38 Å². The lowest BCUT2D eigenvalue weighted by atomic mass is 9.89. The smallest absolute Gasteiger partial charge is 0.223 e. The average molecular weight is 280 g/mol. The maximum absolute atomic E-state index is 12.0. The predicted octanol–water partition coefficient (Wildman–Crippen LogP) is 3.51. The Morgan fingerprint density at radius 1 is 1.42 bits per heavy atom. The van der Waals surface area contributed by atoms with Crippen LogP contribution in [0.1, 0.15) is 62.6 Å². The molecule has 0 radical (unpaired) electrons. The fourth-order valence-electron chi connectivity index (χ4n) is 2.51. The molecule has 0 spiro atoms. The number of carbonyl (C=O) groups is 1. The lowest BCUT2D eigenvalue weighted by molar-refractivity contribution is -0.125. The van der Waals surface area contributed by atoms with E-state index in [1.165, 1.54) is 25.0 Å². The van der Waals surface area contributed by atoms with Crippen molar-refractivity contribution in [2.45, 2.75) is 58.3 Å². The lowest BCUT2D eigenvalue weighted by Gasteiger charge is -2.20. The maximum atomic E-state index is 12.0. The standard InChI is InChI=1S/C15H24N2OS/c1-11(2)13-10-19-14(17-13)8-9-16-15(18)12-6-4-3-5-7-12/h10-12H,3-9H2,1-2H3,(H,16,18). The number of thiazole rings is 1. The molecule has 0 saturated heterocycles. The van der Waals surface area contributed by atoms with Crippen molar-refractivity contribution >= 4 is 17.2 Å². The third-order valence-electron chi connectivity index (χ3n) is 3.78. The van der Waals surface area contributed by atoms with Gasteiger partial charge in [0.2, 0.25) is 5.91 Å². The second-order valence-electron chi connectivity index (χ2n) is 5.70. The molecule has 0 aromatic carbocycles. The van der Waals surface area contributed by atoms with Crippen LogP contribution in [0.5, 0.6) is 0 Å². The van der Waals surface area contributed by atoms with Crippen molar-refractivity contribution in [3.05, 3.63) is 16.1 Å². The summed E-state index contributed by atoms with van der Waals surface area (Å²) in [7, 11) is 0. The molecule has 0 bridgehead atoms. The normalized spacial score (nSPS) is 16.8. The van der Waals surface area contributed by atoms with E-state index in [-0.39, 0.29) is 11.8 Å². The van der Waals surface area contributed by atoms with Crippen LogP contribution in [0.3, 0.4) is 0 Å². The topological polar surface area (TPSA) is 42.0 Å². The van der Waals surface area contributed by atoms with E-state index in [9.17, 15) is 4.79 Å². The van der Waals surface area contributed by atoms with Crippen molar-refractivity contribution in [2.75, 3.05) is 6.54 Å². The second-order valence-corrected chi connectivity index (χ2v) is 6.64. The first kappa shape index (κ1) is 14.5. The van der Waals surface area contributed by atoms with Crippen molar-refractivity contribution in [1.82, 2.24) is 10.3 Å². The first-order valence-corrected chi connectivity index (χ1v) is 8.27. The minimum absolute atomic E-state index is 0.250. The molecule has 19 heavy (non-hydrogen) atoms. The van der Waals surface area contributed by atoms with Gasteiger partial charge >= 0.3 is 0 Å². The Hall–Kier alpha value is -0.900. The molecule has 0 aliphatic heterocycles. The van der Waals surface area contributed by atoms with E-state index in [4.69, 9.17) is 0 Å². The van der Waals surface area contributed by atoms with Crippen molar-refractivity contribution in [3.63, 3.8) is 0 Å². The Bertz CT molecular complexity index is 408. The second kappa shape index (κ2) is 7.04. The van der Waals surface area contributed by atoms with Gasteiger partial charge in [-0.15, -0.1) is 11.3 Å². The summed E-state index contributed by atoms with van der Waals surface area (Å²) < 4.78 is 0. The van der Waals surface area contributed by atoms with Crippen LogP contribution in [-0.4, -0.2) is 17.4 Å². The van der Waals surface area contributed by atoms with Gasteiger partial charge in [0, 0.05) is 24.3 Å². The molecule has 1 fully saturated rings. The van der Waals surface area contributed by atoms with Crippen LogP contribution >= 0.6 is 11.3 Å². The fourth-order valence-corrected chi connectivity index (χ4v) is 3.47. The van der Waals surface area contributed by atoms with Crippen molar-refractivity contribution < 1.29 is 4.79 Å². The molecule has 1 aromatic rings. The minimum atomic E-state index is 0.250. The minimum Gasteiger partial charge on any atom is -0.355 e. The zero-order chi connectivity index (χ0) is 13.7. The van der Waals surface area contributed by atoms with Crippen molar-refractivity contribution in [2.24, 2.45) is 5.92 Å². The Kier molecular flexibility index (Phi) is 5.37. The highest BCUT2D eigenvalue weighted by Gasteiger charge is 2.20. The summed E-state index contributed by atoms with van der Waals surface area (Å²) in [6, 6.07) is 0. The first-order valence-electron chi connectivity index (χ1n) is 7.39. The summed E-state index contributed by atoms with van der Waals surface area (Å²) in [4.78, 5) is 16.6. The largest absolute Gasteiger partial charge is 0.355 e. The summed E-state index contributed by atoms with van der Waals surface area (Å²) in [6.07, 6.45) is 6.71. The number of hydrogen-bond acceptors (Lipinski definition) is 3. The van der Waals surface area contributed by atoms with Crippen LogP contribution in [0.2, 0.25) is 0 Å². The molecule has 1 saturated carbocycles. The third-order valence-corrected chi connectivity index (χ3v) is 4.70. The fraction of sp³-hybridized carbons (Fsp3) is 0.733. The molecule has 3 nitrogen and oxygen atoms in total. The Morgan fingerprint density at radius 3 is 2.79 bits per heavy atom. The number of nitrogens with zero attached hydrogens (tertiary/aromatic N) is 1. The van der Waals surface area contributed by atoms with E-state index in [1.807, 2.05) is 0 Å². The molecule has 1 aromatic heterocycles. The van der Waals surface area contributed by atoms with Gasteiger partial charge in [-0.1, -0.05) is 33.1 Å². The van der Waals surface area contributed by atoms with Crippen LogP contribution in [-0.2, 0) is 11.2 Å². The lowest BCUT2D eigenvalue weighted by Crippen LogP contribution is -2.33. The molecular formula is C15H24N2OS. The van der Waals surface area contributed by atoms with E-state index in [0.717, 1.165) is 30.8 Å². The molecule has 4 heteroatoms. The molecular weight excluding hydrogens is 256 g/mol. The number of nitrogens with one attached hydrogen (secondary N) is 1. The molecule has 1 N–H and O–H groups in total. The summed E-state index contributed by atoms with van der Waals surface area (Å²) >= 11 is 1.70. The highest BCUT2D eigenvalue weighted by Crippen LogP contribution is 2.23. The van der Waals surface area contributed by atoms with Gasteiger partial charge in [-0.3, -0.25) is 4.79 Å². The van der Waals surface area contributed by atoms with Gasteiger partial charge in [0.05, 0.1) is 10.7 Å². The highest BCUT2D eigenvalue weighted by molar-refractivity contribution is 7.09. The molecule has 1 aliphatic rings. The number of rotatable bonds is 5. The molecule has 0 unspecified atom stereocenters. The van der Waals surface area contributed by atoms with Gasteiger partial charge in [-0.05, 0) is 18.8 Å². The Labute approximate surface area is 119 Å². The maximum Gasteiger partial charge on any atom is 0.223 e. The molecule has 1 aliphatic carbocycles. The molecule has 1 amide bonds. The first-order chi connectivity index (χ1) is 9.16. The number of carbonyl (C=O) groups excluding carboxylic acids is 1. The van der Waals surface area contributed by atoms with E-state index in [2.05, 4.69) is 29.5 Å². The average Bonchev–Trinajstić information content (AvgIpc) is 2.89. The van der Waals surface area contributed by atoms with Gasteiger partial charge in [0.15, 0.2) is 0 Å². The van der Waals surface area contributed by atoms with E-state index in [0.29, 0.717) is 5.92 Å². The molecule has 2 rings (SSSR count).